The van der Waals surface area contributed by atoms with Gasteiger partial charge in [0.25, 0.3) is 0 Å². The maximum absolute atomic E-state index is 14.0. The van der Waals surface area contributed by atoms with Crippen LogP contribution in [-0.4, -0.2) is 41.7 Å². The Morgan fingerprint density at radius 3 is 2.10 bits per heavy atom. The summed E-state index contributed by atoms with van der Waals surface area (Å²) in [6.45, 7) is 9.20. The number of aliphatic hydroxyl groups excluding tert-OH is 1. The predicted molar refractivity (Wildman–Crippen MR) is 159 cm³/mol. The van der Waals surface area contributed by atoms with Gasteiger partial charge in [-0.2, -0.15) is 0 Å². The van der Waals surface area contributed by atoms with Crippen LogP contribution in [-0.2, 0) is 19.1 Å². The molecule has 236 valence electrons. The molecule has 7 fully saturated rings. The number of carbonyl (C=O) groups excluding carboxylic acids is 1. The number of aliphatic carboxylic acids is 1. The van der Waals surface area contributed by atoms with Crippen LogP contribution in [0.3, 0.4) is 0 Å². The molecule has 0 radical (unpaired) electrons. The lowest BCUT2D eigenvalue weighted by Crippen LogP contribution is -2.49. The third-order valence-electron chi connectivity index (χ3n) is 15.3. The number of rotatable bonds is 10. The van der Waals surface area contributed by atoms with Gasteiger partial charge in [-0.1, -0.05) is 27.7 Å². The topological polar surface area (TPSA) is 93.1 Å². The number of carboxylic acid groups (broad SMARTS) is 1. The van der Waals surface area contributed by atoms with Crippen molar-refractivity contribution in [1.82, 2.24) is 0 Å². The van der Waals surface area contributed by atoms with E-state index in [1.165, 1.54) is 38.5 Å². The van der Waals surface area contributed by atoms with E-state index >= 15 is 0 Å². The van der Waals surface area contributed by atoms with Crippen LogP contribution in [0.1, 0.15) is 91.9 Å². The lowest BCUT2D eigenvalue weighted by atomic mass is 9.54. The third kappa shape index (κ3) is 4.70. The Balaban J connectivity index is 1.10. The summed E-state index contributed by atoms with van der Waals surface area (Å²) in [6.07, 6.45) is 11.9. The first-order valence-electron chi connectivity index (χ1n) is 17.8. The van der Waals surface area contributed by atoms with Gasteiger partial charge in [-0.05, 0) is 153 Å². The van der Waals surface area contributed by atoms with Crippen LogP contribution in [0.15, 0.2) is 0 Å². The quantitative estimate of drug-likeness (QED) is 0.132. The number of aliphatic hydroxyl groups is 1. The predicted octanol–water partition coefficient (Wildman–Crippen LogP) is 6.50. The molecule has 6 heteroatoms. The van der Waals surface area contributed by atoms with Crippen LogP contribution in [0.4, 0.5) is 0 Å². The molecule has 0 saturated heterocycles. The van der Waals surface area contributed by atoms with Crippen LogP contribution in [0.2, 0.25) is 0 Å². The maximum atomic E-state index is 14.0. The van der Waals surface area contributed by atoms with E-state index in [2.05, 4.69) is 20.8 Å². The second-order valence-corrected chi connectivity index (χ2v) is 16.6. The van der Waals surface area contributed by atoms with Gasteiger partial charge in [-0.15, -0.1) is 0 Å². The van der Waals surface area contributed by atoms with E-state index in [-0.39, 0.29) is 24.8 Å². The molecule has 0 spiro atoms. The zero-order chi connectivity index (χ0) is 29.4. The fourth-order valence-corrected chi connectivity index (χ4v) is 13.3. The van der Waals surface area contributed by atoms with Crippen LogP contribution < -0.4 is 0 Å². The summed E-state index contributed by atoms with van der Waals surface area (Å²) in [5.74, 6) is 5.67. The minimum atomic E-state index is -0.894. The van der Waals surface area contributed by atoms with E-state index in [1.54, 1.807) is 6.92 Å². The summed E-state index contributed by atoms with van der Waals surface area (Å²) in [5, 5.41) is 21.1. The normalized spacial score (nSPS) is 50.5. The fraction of sp³-hybridized carbons (Fsp3) is 0.944. The van der Waals surface area contributed by atoms with Gasteiger partial charge in [0.15, 0.2) is 6.79 Å². The molecule has 7 aliphatic carbocycles. The number of carboxylic acids is 1. The highest BCUT2D eigenvalue weighted by molar-refractivity contribution is 5.81. The maximum Gasteiger partial charge on any atom is 0.312 e. The number of ether oxygens (including phenoxy) is 2. The van der Waals surface area contributed by atoms with E-state index in [0.717, 1.165) is 55.3 Å². The van der Waals surface area contributed by atoms with Crippen molar-refractivity contribution in [2.75, 3.05) is 13.4 Å². The Morgan fingerprint density at radius 2 is 1.45 bits per heavy atom. The minimum Gasteiger partial charge on any atom is -0.481 e. The van der Waals surface area contributed by atoms with E-state index in [9.17, 15) is 19.8 Å². The molecule has 6 nitrogen and oxygen atoms in total. The smallest absolute Gasteiger partial charge is 0.312 e. The second-order valence-electron chi connectivity index (χ2n) is 16.6. The largest absolute Gasteiger partial charge is 0.481 e. The first-order chi connectivity index (χ1) is 20.2. The highest BCUT2D eigenvalue weighted by Gasteiger charge is 2.68. The molecule has 7 saturated carbocycles. The van der Waals surface area contributed by atoms with Gasteiger partial charge in [-0.25, -0.2) is 0 Å². The highest BCUT2D eigenvalue weighted by atomic mass is 16.7. The molecule has 7 aliphatic rings. The average Bonchev–Trinajstić information content (AvgIpc) is 3.81. The number of fused-ring (bicyclic) bond motifs is 11. The molecule has 42 heavy (non-hydrogen) atoms. The van der Waals surface area contributed by atoms with Gasteiger partial charge < -0.3 is 19.7 Å². The second kappa shape index (κ2) is 11.3. The van der Waals surface area contributed by atoms with Crippen molar-refractivity contribution >= 4 is 11.9 Å². The molecule has 0 heterocycles. The number of hydrogen-bond donors (Lipinski definition) is 2. The van der Waals surface area contributed by atoms with Crippen molar-refractivity contribution in [3.05, 3.63) is 0 Å². The minimum absolute atomic E-state index is 0.0475. The lowest BCUT2D eigenvalue weighted by molar-refractivity contribution is -0.175. The molecule has 2 N–H and O–H groups in total. The first kappa shape index (κ1) is 29.6. The Bertz CT molecular complexity index is 1030. The summed E-state index contributed by atoms with van der Waals surface area (Å²) in [7, 11) is 0. The molecule has 0 aromatic rings. The van der Waals surface area contributed by atoms with E-state index < -0.39 is 17.8 Å². The SMILES string of the molecule is CC1CCC(C(C)C2C3CC(C4C5CCC(C5)C34)C2C(C(=O)OCOCC2C3CCC(C3)C2C)C(C)C(=O)O)CC1O. The van der Waals surface area contributed by atoms with Gasteiger partial charge >= 0.3 is 11.9 Å². The molecule has 18 atom stereocenters. The van der Waals surface area contributed by atoms with E-state index in [0.29, 0.717) is 59.9 Å². The lowest BCUT2D eigenvalue weighted by Gasteiger charge is -2.50. The van der Waals surface area contributed by atoms with Gasteiger partial charge in [-0.3, -0.25) is 9.59 Å². The summed E-state index contributed by atoms with van der Waals surface area (Å²) in [4.78, 5) is 26.6. The van der Waals surface area contributed by atoms with Gasteiger partial charge in [0.05, 0.1) is 24.5 Å². The zero-order valence-electron chi connectivity index (χ0n) is 26.4. The van der Waals surface area contributed by atoms with Crippen molar-refractivity contribution in [2.45, 2.75) is 98.0 Å². The van der Waals surface area contributed by atoms with Crippen molar-refractivity contribution < 1.29 is 29.3 Å². The van der Waals surface area contributed by atoms with Gasteiger partial charge in [0.1, 0.15) is 0 Å². The summed E-state index contributed by atoms with van der Waals surface area (Å²) in [5.41, 5.74) is 0. The number of carbonyl (C=O) groups is 2. The molecule has 0 aromatic carbocycles. The summed E-state index contributed by atoms with van der Waals surface area (Å²) >= 11 is 0. The Hall–Kier alpha value is -1.14. The zero-order valence-corrected chi connectivity index (χ0v) is 26.4. The molecule has 18 unspecified atom stereocenters. The standard InChI is InChI=1S/C36H56O6/c1-17-5-6-22(13-29(17)37)19(3)30-26-14-27(33-25-10-9-24(12-25)32(26)33)34(30)31(20(4)35(38)39)36(40)42-16-41-15-28-18(2)21-7-8-23(28)11-21/h17-34,37H,5-16H2,1-4H3,(H,38,39). The molecular formula is C36H56O6. The molecule has 0 aromatic heterocycles. The Kier molecular flexibility index (Phi) is 7.98. The number of esters is 1. The van der Waals surface area contributed by atoms with Crippen LogP contribution in [0.5, 0.6) is 0 Å². The average molecular weight is 585 g/mol. The number of hydrogen-bond acceptors (Lipinski definition) is 5. The summed E-state index contributed by atoms with van der Waals surface area (Å²) in [6, 6.07) is 0. The van der Waals surface area contributed by atoms with Gasteiger partial charge in [0.2, 0.25) is 0 Å². The molecular weight excluding hydrogens is 528 g/mol. The fourth-order valence-electron chi connectivity index (χ4n) is 13.3. The van der Waals surface area contributed by atoms with E-state index in [1.807, 2.05) is 0 Å². The van der Waals surface area contributed by atoms with Crippen molar-refractivity contribution in [2.24, 2.45) is 101 Å². The molecule has 6 bridgehead atoms. The molecule has 7 rings (SSSR count). The Morgan fingerprint density at radius 1 is 0.810 bits per heavy atom. The molecule has 0 amide bonds. The molecule has 0 aliphatic heterocycles. The van der Waals surface area contributed by atoms with Crippen molar-refractivity contribution in [3.63, 3.8) is 0 Å². The Labute approximate surface area is 253 Å². The highest BCUT2D eigenvalue weighted by Crippen LogP contribution is 2.73. The van der Waals surface area contributed by atoms with E-state index in [4.69, 9.17) is 9.47 Å². The van der Waals surface area contributed by atoms with Gasteiger partial charge in [0, 0.05) is 0 Å². The van der Waals surface area contributed by atoms with Crippen molar-refractivity contribution in [1.29, 1.82) is 0 Å². The van der Waals surface area contributed by atoms with Crippen LogP contribution in [0, 0.1) is 101 Å². The van der Waals surface area contributed by atoms with Crippen LogP contribution >= 0.6 is 0 Å². The van der Waals surface area contributed by atoms with Crippen molar-refractivity contribution in [3.8, 4) is 0 Å². The first-order valence-corrected chi connectivity index (χ1v) is 17.8. The third-order valence-corrected chi connectivity index (χ3v) is 15.3. The monoisotopic (exact) mass is 584 g/mol. The van der Waals surface area contributed by atoms with Crippen LogP contribution in [0.25, 0.3) is 0 Å². The summed E-state index contributed by atoms with van der Waals surface area (Å²) < 4.78 is 11.9.